The number of hydrogen-bond acceptors (Lipinski definition) is 5. The van der Waals surface area contributed by atoms with Crippen molar-refractivity contribution in [3.05, 3.63) is 132 Å². The highest BCUT2D eigenvalue weighted by atomic mass is 32.2. The third kappa shape index (κ3) is 9.65. The van der Waals surface area contributed by atoms with Crippen LogP contribution in [0, 0.1) is 5.82 Å². The Labute approximate surface area is 270 Å². The highest BCUT2D eigenvalue weighted by Gasteiger charge is 2.33. The van der Waals surface area contributed by atoms with Gasteiger partial charge in [0.15, 0.2) is 0 Å². The number of anilines is 1. The molecular weight excluding hydrogens is 605 g/mol. The smallest absolute Gasteiger partial charge is 0.244 e. The molecule has 0 saturated heterocycles. The van der Waals surface area contributed by atoms with Gasteiger partial charge in [0.25, 0.3) is 0 Å². The van der Waals surface area contributed by atoms with Gasteiger partial charge in [-0.05, 0) is 54.8 Å². The quantitative estimate of drug-likeness (QED) is 0.178. The number of carbonyl (C=O) groups excluding carboxylic acids is 2. The summed E-state index contributed by atoms with van der Waals surface area (Å²) in [5, 5.41) is 2.96. The fourth-order valence-corrected chi connectivity index (χ4v) is 5.72. The van der Waals surface area contributed by atoms with Crippen LogP contribution >= 0.6 is 0 Å². The highest BCUT2D eigenvalue weighted by molar-refractivity contribution is 7.92. The molecule has 1 N–H and O–H groups in total. The fraction of sp³-hybridized carbons (Fsp3) is 0.278. The maximum Gasteiger partial charge on any atom is 0.244 e. The van der Waals surface area contributed by atoms with E-state index in [4.69, 9.17) is 4.74 Å². The summed E-state index contributed by atoms with van der Waals surface area (Å²) in [6.07, 6.45) is 1.83. The topological polar surface area (TPSA) is 96.0 Å². The van der Waals surface area contributed by atoms with Gasteiger partial charge in [-0.25, -0.2) is 12.8 Å². The van der Waals surface area contributed by atoms with Crippen LogP contribution in [0.3, 0.4) is 0 Å². The van der Waals surface area contributed by atoms with Gasteiger partial charge in [0.2, 0.25) is 21.8 Å². The average Bonchev–Trinajstić information content (AvgIpc) is 3.05. The summed E-state index contributed by atoms with van der Waals surface area (Å²) in [4.78, 5) is 29.2. The Hall–Kier alpha value is -4.70. The van der Waals surface area contributed by atoms with Crippen molar-refractivity contribution in [1.29, 1.82) is 0 Å². The van der Waals surface area contributed by atoms with Gasteiger partial charge < -0.3 is 15.0 Å². The van der Waals surface area contributed by atoms with Gasteiger partial charge in [-0.2, -0.15) is 0 Å². The fourth-order valence-electron chi connectivity index (χ4n) is 4.87. The predicted octanol–water partition coefficient (Wildman–Crippen LogP) is 5.73. The van der Waals surface area contributed by atoms with E-state index in [1.165, 1.54) is 11.0 Å². The molecule has 0 aromatic heterocycles. The van der Waals surface area contributed by atoms with Gasteiger partial charge in [-0.1, -0.05) is 85.8 Å². The maximum atomic E-state index is 14.9. The Balaban J connectivity index is 1.65. The molecule has 0 radical (unpaired) electrons. The van der Waals surface area contributed by atoms with Crippen molar-refractivity contribution in [2.45, 2.75) is 51.9 Å². The van der Waals surface area contributed by atoms with Crippen LogP contribution in [0.4, 0.5) is 10.1 Å². The van der Waals surface area contributed by atoms with E-state index in [9.17, 15) is 22.4 Å². The lowest BCUT2D eigenvalue weighted by Gasteiger charge is -2.34. The molecular formula is C36H40FN3O5S. The standard InChI is InChI=1S/C36H40FN3O5S/c1-4-27(2)38-36(42)34(23-28-13-7-5-8-14-28)39(24-30-17-11-12-18-33(30)37)35(41)25-40(46(3,43)44)31-19-21-32(22-20-31)45-26-29-15-9-6-10-16-29/h5-22,27,34H,4,23-26H2,1-3H3,(H,38,42)/t27-,34+/m1/s1. The lowest BCUT2D eigenvalue weighted by atomic mass is 10.0. The molecule has 4 aromatic rings. The summed E-state index contributed by atoms with van der Waals surface area (Å²) in [5.74, 6) is -1.07. The van der Waals surface area contributed by atoms with E-state index in [1.54, 1.807) is 42.5 Å². The molecule has 0 fully saturated rings. The molecule has 0 saturated carbocycles. The van der Waals surface area contributed by atoms with E-state index in [0.717, 1.165) is 21.7 Å². The number of halogens is 1. The highest BCUT2D eigenvalue weighted by Crippen LogP contribution is 2.24. The van der Waals surface area contributed by atoms with Crippen LogP contribution < -0.4 is 14.4 Å². The molecule has 4 aromatic carbocycles. The number of ether oxygens (including phenoxy) is 1. The molecule has 2 atom stereocenters. The van der Waals surface area contributed by atoms with Crippen LogP contribution in [0.1, 0.15) is 37.0 Å². The van der Waals surface area contributed by atoms with E-state index < -0.39 is 40.2 Å². The van der Waals surface area contributed by atoms with E-state index in [2.05, 4.69) is 5.32 Å². The number of carbonyl (C=O) groups is 2. The van der Waals surface area contributed by atoms with Crippen molar-refractivity contribution in [2.75, 3.05) is 17.1 Å². The molecule has 0 unspecified atom stereocenters. The summed E-state index contributed by atoms with van der Waals surface area (Å²) in [6.45, 7) is 3.29. The number of hydrogen-bond donors (Lipinski definition) is 1. The second-order valence-corrected chi connectivity index (χ2v) is 13.1. The minimum atomic E-state index is -3.95. The number of rotatable bonds is 15. The van der Waals surface area contributed by atoms with Crippen LogP contribution in [-0.2, 0) is 39.2 Å². The number of amides is 2. The van der Waals surface area contributed by atoms with Crippen molar-refractivity contribution >= 4 is 27.5 Å². The molecule has 242 valence electrons. The molecule has 10 heteroatoms. The van der Waals surface area contributed by atoms with Crippen LogP contribution in [0.2, 0.25) is 0 Å². The zero-order chi connectivity index (χ0) is 33.1. The SMILES string of the molecule is CC[C@@H](C)NC(=O)[C@H](Cc1ccccc1)N(Cc1ccccc1F)C(=O)CN(c1ccc(OCc2ccccc2)cc1)S(C)(=O)=O. The Bertz CT molecular complexity index is 1690. The Morgan fingerprint density at radius 2 is 1.43 bits per heavy atom. The van der Waals surface area contributed by atoms with E-state index >= 15 is 0 Å². The lowest BCUT2D eigenvalue weighted by Crippen LogP contribution is -2.54. The van der Waals surface area contributed by atoms with Gasteiger partial charge in [-0.15, -0.1) is 0 Å². The summed E-state index contributed by atoms with van der Waals surface area (Å²) < 4.78 is 47.9. The first-order valence-corrected chi connectivity index (χ1v) is 17.0. The normalized spacial score (nSPS) is 12.5. The first-order valence-electron chi connectivity index (χ1n) is 15.2. The van der Waals surface area contributed by atoms with Crippen LogP contribution in [0.5, 0.6) is 5.75 Å². The van der Waals surface area contributed by atoms with Crippen LogP contribution in [0.25, 0.3) is 0 Å². The average molecular weight is 646 g/mol. The number of nitrogens with zero attached hydrogens (tertiary/aromatic N) is 2. The Morgan fingerprint density at radius 1 is 0.848 bits per heavy atom. The lowest BCUT2D eigenvalue weighted by molar-refractivity contribution is -0.140. The zero-order valence-corrected chi connectivity index (χ0v) is 27.1. The van der Waals surface area contributed by atoms with Crippen molar-refractivity contribution in [2.24, 2.45) is 0 Å². The minimum Gasteiger partial charge on any atom is -0.489 e. The largest absolute Gasteiger partial charge is 0.489 e. The molecule has 0 aliphatic heterocycles. The van der Waals surface area contributed by atoms with Crippen LogP contribution in [-0.4, -0.2) is 50.0 Å². The van der Waals surface area contributed by atoms with Crippen molar-refractivity contribution in [3.63, 3.8) is 0 Å². The second-order valence-electron chi connectivity index (χ2n) is 11.2. The third-order valence-corrected chi connectivity index (χ3v) is 8.76. The van der Waals surface area contributed by atoms with Gasteiger partial charge in [-0.3, -0.25) is 13.9 Å². The summed E-state index contributed by atoms with van der Waals surface area (Å²) in [7, 11) is -3.95. The van der Waals surface area contributed by atoms with E-state index in [0.29, 0.717) is 18.8 Å². The van der Waals surface area contributed by atoms with Crippen molar-refractivity contribution in [1.82, 2.24) is 10.2 Å². The zero-order valence-electron chi connectivity index (χ0n) is 26.3. The minimum absolute atomic E-state index is 0.148. The van der Waals surface area contributed by atoms with Gasteiger partial charge in [0.05, 0.1) is 11.9 Å². The molecule has 0 spiro atoms. The molecule has 0 heterocycles. The Kier molecular flexibility index (Phi) is 11.9. The first kappa shape index (κ1) is 34.2. The van der Waals surface area contributed by atoms with Crippen molar-refractivity contribution in [3.8, 4) is 5.75 Å². The molecule has 2 amide bonds. The summed E-state index contributed by atoms with van der Waals surface area (Å²) >= 11 is 0. The molecule has 4 rings (SSSR count). The van der Waals surface area contributed by atoms with E-state index in [-0.39, 0.29) is 30.3 Å². The van der Waals surface area contributed by atoms with E-state index in [1.807, 2.05) is 74.5 Å². The summed E-state index contributed by atoms with van der Waals surface area (Å²) in [6, 6.07) is 30.0. The third-order valence-electron chi connectivity index (χ3n) is 7.62. The summed E-state index contributed by atoms with van der Waals surface area (Å²) in [5.41, 5.74) is 2.23. The van der Waals surface area contributed by atoms with Crippen LogP contribution in [0.15, 0.2) is 109 Å². The molecule has 0 aliphatic rings. The first-order chi connectivity index (χ1) is 22.0. The predicted molar refractivity (Wildman–Crippen MR) is 178 cm³/mol. The second kappa shape index (κ2) is 16.0. The van der Waals surface area contributed by atoms with Gasteiger partial charge >= 0.3 is 0 Å². The molecule has 0 bridgehead atoms. The van der Waals surface area contributed by atoms with Gasteiger partial charge in [0, 0.05) is 24.6 Å². The Morgan fingerprint density at radius 3 is 2.02 bits per heavy atom. The number of benzene rings is 4. The molecule has 0 aliphatic carbocycles. The molecule has 46 heavy (non-hydrogen) atoms. The number of sulfonamides is 1. The number of nitrogens with one attached hydrogen (secondary N) is 1. The monoisotopic (exact) mass is 645 g/mol. The van der Waals surface area contributed by atoms with Gasteiger partial charge in [0.1, 0.15) is 30.8 Å². The van der Waals surface area contributed by atoms with Crippen molar-refractivity contribution < 1.29 is 27.1 Å². The molecule has 8 nitrogen and oxygen atoms in total. The maximum absolute atomic E-state index is 14.9.